The summed E-state index contributed by atoms with van der Waals surface area (Å²) in [7, 11) is 0. The number of halogens is 4. The molecule has 9 heteroatoms. The van der Waals surface area contributed by atoms with Gasteiger partial charge in [0.1, 0.15) is 35.6 Å². The summed E-state index contributed by atoms with van der Waals surface area (Å²) in [4.78, 5) is 18.3. The summed E-state index contributed by atoms with van der Waals surface area (Å²) in [5.41, 5.74) is -0.888. The Labute approximate surface area is 170 Å². The fraction of sp³-hybridized carbons (Fsp3) is 0.333. The highest BCUT2D eigenvalue weighted by molar-refractivity contribution is 6.12. The maximum Gasteiger partial charge on any atom is 0.307 e. The van der Waals surface area contributed by atoms with E-state index in [0.29, 0.717) is 32.1 Å². The van der Waals surface area contributed by atoms with Crippen molar-refractivity contribution in [1.29, 1.82) is 0 Å². The lowest BCUT2D eigenvalue weighted by molar-refractivity contribution is -0.143. The van der Waals surface area contributed by atoms with Gasteiger partial charge in [-0.3, -0.25) is 9.69 Å². The van der Waals surface area contributed by atoms with Crippen LogP contribution in [-0.4, -0.2) is 47.9 Å². The molecule has 1 aliphatic rings. The van der Waals surface area contributed by atoms with Crippen molar-refractivity contribution in [2.45, 2.75) is 12.8 Å². The number of rotatable bonds is 7. The van der Waals surface area contributed by atoms with Gasteiger partial charge in [-0.1, -0.05) is 5.16 Å². The summed E-state index contributed by atoms with van der Waals surface area (Å²) in [6, 6.07) is 5.30. The Kier molecular flexibility index (Phi) is 7.04. The molecule has 2 aromatic carbocycles. The molecule has 0 bridgehead atoms. The molecule has 1 heterocycles. The first-order valence-electron chi connectivity index (χ1n) is 9.41. The van der Waals surface area contributed by atoms with Gasteiger partial charge >= 0.3 is 5.97 Å². The van der Waals surface area contributed by atoms with Crippen molar-refractivity contribution in [3.05, 3.63) is 70.8 Å². The quantitative estimate of drug-likeness (QED) is 0.318. The second-order valence-electron chi connectivity index (χ2n) is 7.00. The lowest BCUT2D eigenvalue weighted by Crippen LogP contribution is -2.40. The Morgan fingerprint density at radius 1 is 1.07 bits per heavy atom. The number of benzene rings is 2. The Hall–Kier alpha value is -2.94. The predicted octanol–water partition coefficient (Wildman–Crippen LogP) is 3.81. The molecule has 3 rings (SSSR count). The maximum atomic E-state index is 14.3. The molecule has 1 atom stereocenters. The first kappa shape index (κ1) is 21.8. The zero-order valence-electron chi connectivity index (χ0n) is 16.0. The van der Waals surface area contributed by atoms with Crippen molar-refractivity contribution < 1.29 is 32.3 Å². The third-order valence-electron chi connectivity index (χ3n) is 4.88. The number of oxime groups is 1. The van der Waals surface area contributed by atoms with Crippen LogP contribution < -0.4 is 0 Å². The molecule has 1 aliphatic heterocycles. The molecule has 1 fully saturated rings. The van der Waals surface area contributed by atoms with E-state index in [4.69, 9.17) is 9.94 Å². The van der Waals surface area contributed by atoms with Crippen LogP contribution in [0, 0.1) is 29.2 Å². The van der Waals surface area contributed by atoms with Crippen LogP contribution in [0.5, 0.6) is 0 Å². The number of piperidine rings is 1. The number of likely N-dealkylation sites (tertiary alicyclic amines) is 1. The van der Waals surface area contributed by atoms with E-state index in [9.17, 15) is 22.4 Å². The lowest BCUT2D eigenvalue weighted by atomic mass is 9.98. The minimum absolute atomic E-state index is 0.0234. The zero-order chi connectivity index (χ0) is 21.7. The molecule has 0 unspecified atom stereocenters. The monoisotopic (exact) mass is 424 g/mol. The van der Waals surface area contributed by atoms with Crippen molar-refractivity contribution >= 4 is 11.7 Å². The number of aliphatic carboxylic acids is 1. The molecule has 2 aromatic rings. The first-order chi connectivity index (χ1) is 14.3. The van der Waals surface area contributed by atoms with Crippen molar-refractivity contribution in [3.8, 4) is 0 Å². The number of carbonyl (C=O) groups is 1. The summed E-state index contributed by atoms with van der Waals surface area (Å²) in [5.74, 6) is -4.73. The fourth-order valence-electron chi connectivity index (χ4n) is 3.34. The van der Waals surface area contributed by atoms with Crippen LogP contribution in [0.3, 0.4) is 0 Å². The molecule has 0 spiro atoms. The maximum absolute atomic E-state index is 14.3. The molecular formula is C21H20F4N2O3. The van der Waals surface area contributed by atoms with Gasteiger partial charge in [-0.25, -0.2) is 17.6 Å². The van der Waals surface area contributed by atoms with Crippen molar-refractivity contribution in [3.63, 3.8) is 0 Å². The van der Waals surface area contributed by atoms with E-state index >= 15 is 0 Å². The third kappa shape index (κ3) is 5.35. The van der Waals surface area contributed by atoms with Crippen molar-refractivity contribution in [2.24, 2.45) is 11.1 Å². The zero-order valence-corrected chi connectivity index (χ0v) is 16.0. The van der Waals surface area contributed by atoms with Gasteiger partial charge in [0, 0.05) is 30.3 Å². The molecular weight excluding hydrogens is 404 g/mol. The normalized spacial score (nSPS) is 17.7. The smallest absolute Gasteiger partial charge is 0.307 e. The molecule has 160 valence electrons. The molecule has 0 saturated carbocycles. The second-order valence-corrected chi connectivity index (χ2v) is 7.00. The highest BCUT2D eigenvalue weighted by Gasteiger charge is 2.25. The standard InChI is InChI=1S/C21H20F4N2O3/c22-14-4-6-18(24)17(10-14)20(16-5-3-15(23)11-19(16)25)26-30-9-8-27-7-1-2-13(12-27)21(28)29/h3-6,10-11,13H,1-2,7-9,12H2,(H,28,29)/t13-/m1/s1. The van der Waals surface area contributed by atoms with E-state index in [1.54, 1.807) is 0 Å². The first-order valence-corrected chi connectivity index (χ1v) is 9.41. The second kappa shape index (κ2) is 9.71. The minimum atomic E-state index is -0.999. The van der Waals surface area contributed by atoms with Crippen molar-refractivity contribution in [2.75, 3.05) is 26.2 Å². The number of hydrogen-bond acceptors (Lipinski definition) is 4. The van der Waals surface area contributed by atoms with Gasteiger partial charge in [0.25, 0.3) is 0 Å². The topological polar surface area (TPSA) is 62.1 Å². The van der Waals surface area contributed by atoms with Gasteiger partial charge < -0.3 is 9.94 Å². The fourth-order valence-corrected chi connectivity index (χ4v) is 3.34. The Morgan fingerprint density at radius 3 is 2.53 bits per heavy atom. The SMILES string of the molecule is O=C(O)[C@@H]1CCCN(CCON=C(c2ccc(F)cc2F)c2cc(F)ccc2F)C1. The summed E-state index contributed by atoms with van der Waals surface area (Å²) < 4.78 is 55.5. The highest BCUT2D eigenvalue weighted by atomic mass is 19.1. The van der Waals surface area contributed by atoms with Crippen molar-refractivity contribution in [1.82, 2.24) is 4.90 Å². The molecule has 30 heavy (non-hydrogen) atoms. The van der Waals surface area contributed by atoms with Crippen LogP contribution in [0.25, 0.3) is 0 Å². The summed E-state index contributed by atoms with van der Waals surface area (Å²) in [6.45, 7) is 1.46. The number of carboxylic acid groups (broad SMARTS) is 1. The molecule has 1 N–H and O–H groups in total. The number of carboxylic acids is 1. The average Bonchev–Trinajstić information content (AvgIpc) is 2.71. The molecule has 0 radical (unpaired) electrons. The van der Waals surface area contributed by atoms with Gasteiger partial charge in [-0.05, 0) is 49.7 Å². The predicted molar refractivity (Wildman–Crippen MR) is 101 cm³/mol. The summed E-state index contributed by atoms with van der Waals surface area (Å²) in [6.07, 6.45) is 1.35. The lowest BCUT2D eigenvalue weighted by Gasteiger charge is -2.29. The van der Waals surface area contributed by atoms with Gasteiger partial charge in [-0.15, -0.1) is 0 Å². The van der Waals surface area contributed by atoms with Gasteiger partial charge in [0.15, 0.2) is 0 Å². The van der Waals surface area contributed by atoms with E-state index < -0.39 is 35.2 Å². The highest BCUT2D eigenvalue weighted by Crippen LogP contribution is 2.20. The molecule has 1 saturated heterocycles. The number of nitrogens with zero attached hydrogens (tertiary/aromatic N) is 2. The Balaban J connectivity index is 1.78. The van der Waals surface area contributed by atoms with Crippen LogP contribution in [0.4, 0.5) is 17.6 Å². The Morgan fingerprint density at radius 2 is 1.80 bits per heavy atom. The van der Waals surface area contributed by atoms with Crippen LogP contribution >= 0.6 is 0 Å². The van der Waals surface area contributed by atoms with Gasteiger partial charge in [0.2, 0.25) is 0 Å². The molecule has 5 nitrogen and oxygen atoms in total. The number of hydrogen-bond donors (Lipinski definition) is 1. The molecule has 0 aliphatic carbocycles. The van der Waals surface area contributed by atoms with E-state index in [0.717, 1.165) is 36.8 Å². The van der Waals surface area contributed by atoms with Gasteiger partial charge in [0.05, 0.1) is 5.92 Å². The minimum Gasteiger partial charge on any atom is -0.481 e. The molecule has 0 amide bonds. The van der Waals surface area contributed by atoms with Crippen LogP contribution in [0.2, 0.25) is 0 Å². The average molecular weight is 424 g/mol. The summed E-state index contributed by atoms with van der Waals surface area (Å²) in [5, 5.41) is 12.9. The molecule has 0 aromatic heterocycles. The van der Waals surface area contributed by atoms with E-state index in [-0.39, 0.29) is 23.4 Å². The Bertz CT molecular complexity index is 952. The van der Waals surface area contributed by atoms with E-state index in [1.165, 1.54) is 0 Å². The largest absolute Gasteiger partial charge is 0.481 e. The van der Waals surface area contributed by atoms with E-state index in [2.05, 4.69) is 5.16 Å². The van der Waals surface area contributed by atoms with Crippen LogP contribution in [0.15, 0.2) is 41.6 Å². The van der Waals surface area contributed by atoms with Crippen LogP contribution in [-0.2, 0) is 9.63 Å². The van der Waals surface area contributed by atoms with Crippen LogP contribution in [0.1, 0.15) is 24.0 Å². The summed E-state index contributed by atoms with van der Waals surface area (Å²) >= 11 is 0. The third-order valence-corrected chi connectivity index (χ3v) is 4.88. The van der Waals surface area contributed by atoms with Gasteiger partial charge in [-0.2, -0.15) is 0 Å². The van der Waals surface area contributed by atoms with E-state index in [1.807, 2.05) is 4.90 Å².